The highest BCUT2D eigenvalue weighted by atomic mass is 35.5. The van der Waals surface area contributed by atoms with E-state index in [0.717, 1.165) is 19.3 Å². The average Bonchev–Trinajstić information content (AvgIpc) is 2.50. The third-order valence-electron chi connectivity index (χ3n) is 3.80. The lowest BCUT2D eigenvalue weighted by Gasteiger charge is -2.35. The van der Waals surface area contributed by atoms with Crippen LogP contribution in [0.3, 0.4) is 0 Å². The molecule has 5 nitrogen and oxygen atoms in total. The normalized spacial score (nSPS) is 18.4. The summed E-state index contributed by atoms with van der Waals surface area (Å²) in [6.45, 7) is 0.618. The van der Waals surface area contributed by atoms with E-state index in [2.05, 4.69) is 0 Å². The van der Waals surface area contributed by atoms with Crippen LogP contribution in [0.1, 0.15) is 36.0 Å². The number of likely N-dealkylation sites (tertiary alicyclic amines) is 1. The van der Waals surface area contributed by atoms with E-state index in [1.807, 2.05) is 0 Å². The van der Waals surface area contributed by atoms with Crippen LogP contribution in [0.15, 0.2) is 18.2 Å². The van der Waals surface area contributed by atoms with Crippen LogP contribution in [0.4, 0.5) is 5.69 Å². The Labute approximate surface area is 129 Å². The molecular formula is C15H19ClN2O3. The lowest BCUT2D eigenvalue weighted by atomic mass is 9.98. The molecule has 0 aliphatic carbocycles. The second kappa shape index (κ2) is 6.80. The summed E-state index contributed by atoms with van der Waals surface area (Å²) in [6, 6.07) is 4.87. The van der Waals surface area contributed by atoms with E-state index >= 15 is 0 Å². The fourth-order valence-electron chi connectivity index (χ4n) is 2.63. The molecule has 1 saturated heterocycles. The number of piperidine rings is 1. The summed E-state index contributed by atoms with van der Waals surface area (Å²) < 4.78 is 4.71. The van der Waals surface area contributed by atoms with Crippen molar-refractivity contribution in [3.05, 3.63) is 28.8 Å². The first-order chi connectivity index (χ1) is 10.0. The van der Waals surface area contributed by atoms with Crippen LogP contribution in [-0.4, -0.2) is 36.5 Å². The molecule has 0 saturated carbocycles. The quantitative estimate of drug-likeness (QED) is 0.687. The van der Waals surface area contributed by atoms with Crippen LogP contribution in [0.25, 0.3) is 0 Å². The fourth-order valence-corrected chi connectivity index (χ4v) is 2.81. The summed E-state index contributed by atoms with van der Waals surface area (Å²) in [5.41, 5.74) is 6.56. The Morgan fingerprint density at radius 1 is 1.43 bits per heavy atom. The Hall–Kier alpha value is -1.75. The monoisotopic (exact) mass is 310 g/mol. The molecule has 6 heteroatoms. The van der Waals surface area contributed by atoms with Crippen molar-refractivity contribution < 1.29 is 14.3 Å². The SMILES string of the molecule is COC(=O)CC1CCCCN1C(=O)c1cccc(Cl)c1N. The van der Waals surface area contributed by atoms with Gasteiger partial charge in [0.25, 0.3) is 5.91 Å². The first-order valence-electron chi connectivity index (χ1n) is 6.96. The van der Waals surface area contributed by atoms with E-state index < -0.39 is 0 Å². The number of carbonyl (C=O) groups is 2. The number of rotatable bonds is 3. The molecule has 1 aromatic rings. The fraction of sp³-hybridized carbons (Fsp3) is 0.467. The summed E-state index contributed by atoms with van der Waals surface area (Å²) >= 11 is 5.97. The van der Waals surface area contributed by atoms with Gasteiger partial charge in [0.1, 0.15) is 0 Å². The second-order valence-corrected chi connectivity index (χ2v) is 5.54. The van der Waals surface area contributed by atoms with Crippen molar-refractivity contribution in [2.24, 2.45) is 0 Å². The molecule has 1 aliphatic rings. The lowest BCUT2D eigenvalue weighted by Crippen LogP contribution is -2.45. The zero-order chi connectivity index (χ0) is 15.4. The molecule has 0 bridgehead atoms. The van der Waals surface area contributed by atoms with Crippen LogP contribution in [-0.2, 0) is 9.53 Å². The number of hydrogen-bond acceptors (Lipinski definition) is 4. The minimum Gasteiger partial charge on any atom is -0.469 e. The van der Waals surface area contributed by atoms with E-state index in [9.17, 15) is 9.59 Å². The Morgan fingerprint density at radius 2 is 2.19 bits per heavy atom. The molecule has 1 unspecified atom stereocenters. The molecule has 1 atom stereocenters. The predicted molar refractivity (Wildman–Crippen MR) is 81.2 cm³/mol. The van der Waals surface area contributed by atoms with E-state index in [4.69, 9.17) is 22.1 Å². The van der Waals surface area contributed by atoms with Crippen LogP contribution in [0, 0.1) is 0 Å². The van der Waals surface area contributed by atoms with Gasteiger partial charge in [0.2, 0.25) is 0 Å². The maximum atomic E-state index is 12.7. The molecule has 0 radical (unpaired) electrons. The summed E-state index contributed by atoms with van der Waals surface area (Å²) in [4.78, 5) is 25.9. The number of hydrogen-bond donors (Lipinski definition) is 1. The maximum absolute atomic E-state index is 12.7. The summed E-state index contributed by atoms with van der Waals surface area (Å²) in [5, 5.41) is 0.363. The highest BCUT2D eigenvalue weighted by Gasteiger charge is 2.30. The van der Waals surface area contributed by atoms with Crippen molar-refractivity contribution in [3.8, 4) is 0 Å². The van der Waals surface area contributed by atoms with Gasteiger partial charge in [-0.2, -0.15) is 0 Å². The van der Waals surface area contributed by atoms with Crippen LogP contribution < -0.4 is 5.73 Å². The molecule has 1 fully saturated rings. The van der Waals surface area contributed by atoms with E-state index in [1.165, 1.54) is 7.11 Å². The Morgan fingerprint density at radius 3 is 2.90 bits per heavy atom. The van der Waals surface area contributed by atoms with Gasteiger partial charge in [-0.05, 0) is 31.4 Å². The van der Waals surface area contributed by atoms with Gasteiger partial charge in [-0.3, -0.25) is 9.59 Å². The molecule has 1 heterocycles. The van der Waals surface area contributed by atoms with E-state index in [0.29, 0.717) is 17.1 Å². The highest BCUT2D eigenvalue weighted by Crippen LogP contribution is 2.27. The Kier molecular flexibility index (Phi) is 5.07. The van der Waals surface area contributed by atoms with Gasteiger partial charge in [0, 0.05) is 12.6 Å². The lowest BCUT2D eigenvalue weighted by molar-refractivity contribution is -0.142. The van der Waals surface area contributed by atoms with Crippen LogP contribution >= 0.6 is 11.6 Å². The highest BCUT2D eigenvalue weighted by molar-refractivity contribution is 6.33. The van der Waals surface area contributed by atoms with Gasteiger partial charge in [-0.15, -0.1) is 0 Å². The zero-order valence-corrected chi connectivity index (χ0v) is 12.7. The third-order valence-corrected chi connectivity index (χ3v) is 4.13. The van der Waals surface area contributed by atoms with Gasteiger partial charge < -0.3 is 15.4 Å². The van der Waals surface area contributed by atoms with Crippen molar-refractivity contribution in [1.29, 1.82) is 0 Å². The average molecular weight is 311 g/mol. The number of nitrogen functional groups attached to an aromatic ring is 1. The van der Waals surface area contributed by atoms with Gasteiger partial charge in [-0.25, -0.2) is 0 Å². The minimum absolute atomic E-state index is 0.142. The number of benzene rings is 1. The third kappa shape index (κ3) is 3.47. The molecule has 0 aromatic heterocycles. The van der Waals surface area contributed by atoms with Crippen LogP contribution in [0.2, 0.25) is 5.02 Å². The predicted octanol–water partition coefficient (Wildman–Crippen LogP) is 2.48. The zero-order valence-electron chi connectivity index (χ0n) is 12.0. The molecule has 1 aliphatic heterocycles. The molecule has 2 N–H and O–H groups in total. The number of nitrogens with two attached hydrogens (primary N) is 1. The summed E-state index contributed by atoms with van der Waals surface area (Å²) in [5.74, 6) is -0.484. The van der Waals surface area contributed by atoms with Crippen molar-refractivity contribution >= 4 is 29.2 Å². The Bertz CT molecular complexity index is 548. The van der Waals surface area contributed by atoms with Crippen molar-refractivity contribution in [1.82, 2.24) is 4.90 Å². The number of methoxy groups -OCH3 is 1. The number of para-hydroxylation sites is 1. The number of ether oxygens (including phenoxy) is 1. The van der Waals surface area contributed by atoms with E-state index in [-0.39, 0.29) is 30.0 Å². The molecule has 1 aromatic carbocycles. The number of esters is 1. The van der Waals surface area contributed by atoms with Gasteiger partial charge in [0.15, 0.2) is 0 Å². The molecule has 2 rings (SSSR count). The molecule has 21 heavy (non-hydrogen) atoms. The van der Waals surface area contributed by atoms with E-state index in [1.54, 1.807) is 23.1 Å². The molecule has 0 spiro atoms. The first kappa shape index (κ1) is 15.6. The number of anilines is 1. The largest absolute Gasteiger partial charge is 0.469 e. The molecular weight excluding hydrogens is 292 g/mol. The Balaban J connectivity index is 2.22. The topological polar surface area (TPSA) is 72.6 Å². The minimum atomic E-state index is -0.307. The summed E-state index contributed by atoms with van der Waals surface area (Å²) in [7, 11) is 1.35. The smallest absolute Gasteiger partial charge is 0.307 e. The summed E-state index contributed by atoms with van der Waals surface area (Å²) in [6.07, 6.45) is 2.92. The van der Waals surface area contributed by atoms with Gasteiger partial charge in [0.05, 0.1) is 29.8 Å². The second-order valence-electron chi connectivity index (χ2n) is 5.13. The molecule has 114 valence electrons. The van der Waals surface area contributed by atoms with Crippen molar-refractivity contribution in [2.45, 2.75) is 31.7 Å². The molecule has 1 amide bonds. The first-order valence-corrected chi connectivity index (χ1v) is 7.34. The standard InChI is InChI=1S/C15H19ClN2O3/c1-21-13(19)9-10-5-2-3-8-18(10)15(20)11-6-4-7-12(16)14(11)17/h4,6-7,10H,2-3,5,8-9,17H2,1H3. The number of halogens is 1. The maximum Gasteiger partial charge on any atom is 0.307 e. The van der Waals surface area contributed by atoms with Gasteiger partial charge >= 0.3 is 5.97 Å². The number of carbonyl (C=O) groups excluding carboxylic acids is 2. The number of amides is 1. The van der Waals surface area contributed by atoms with Crippen molar-refractivity contribution in [3.63, 3.8) is 0 Å². The number of nitrogens with zero attached hydrogens (tertiary/aromatic N) is 1. The van der Waals surface area contributed by atoms with Crippen LogP contribution in [0.5, 0.6) is 0 Å². The van der Waals surface area contributed by atoms with Gasteiger partial charge in [-0.1, -0.05) is 17.7 Å². The van der Waals surface area contributed by atoms with Crippen molar-refractivity contribution in [2.75, 3.05) is 19.4 Å².